The number of rotatable bonds is 6. The molecule has 1 unspecified atom stereocenters. The molecule has 2 saturated heterocycles. The monoisotopic (exact) mass is 451 g/mol. The number of hydrogen-bond donors (Lipinski definition) is 0. The first-order valence-corrected chi connectivity index (χ1v) is 11.1. The van der Waals surface area contributed by atoms with Gasteiger partial charge in [-0.15, -0.1) is 0 Å². The van der Waals surface area contributed by atoms with Crippen molar-refractivity contribution in [1.82, 2.24) is 9.80 Å². The van der Waals surface area contributed by atoms with E-state index in [9.17, 15) is 14.4 Å². The third kappa shape index (κ3) is 4.94. The second-order valence-electron chi connectivity index (χ2n) is 8.31. The van der Waals surface area contributed by atoms with Crippen LogP contribution in [0.5, 0.6) is 11.5 Å². The van der Waals surface area contributed by atoms with E-state index >= 15 is 0 Å². The van der Waals surface area contributed by atoms with E-state index in [1.165, 1.54) is 0 Å². The van der Waals surface area contributed by atoms with Crippen LogP contribution in [0.1, 0.15) is 12.0 Å². The molecule has 3 amide bonds. The Kier molecular flexibility index (Phi) is 6.82. The molecule has 2 heterocycles. The van der Waals surface area contributed by atoms with Crippen molar-refractivity contribution in [3.63, 3.8) is 0 Å². The van der Waals surface area contributed by atoms with Gasteiger partial charge in [-0.3, -0.25) is 14.4 Å². The molecule has 174 valence electrons. The molecule has 2 aromatic rings. The molecule has 0 aliphatic carbocycles. The summed E-state index contributed by atoms with van der Waals surface area (Å²) < 4.78 is 10.6. The summed E-state index contributed by atoms with van der Waals surface area (Å²) in [7, 11) is 3.14. The van der Waals surface area contributed by atoms with Gasteiger partial charge in [0.25, 0.3) is 0 Å². The maximum absolute atomic E-state index is 13.0. The van der Waals surface area contributed by atoms with Crippen molar-refractivity contribution in [1.29, 1.82) is 0 Å². The quantitative estimate of drug-likeness (QED) is 0.671. The van der Waals surface area contributed by atoms with Crippen molar-refractivity contribution in [2.75, 3.05) is 51.8 Å². The van der Waals surface area contributed by atoms with Gasteiger partial charge in [-0.1, -0.05) is 24.3 Å². The van der Waals surface area contributed by atoms with Gasteiger partial charge in [0.2, 0.25) is 17.7 Å². The number of para-hydroxylation sites is 1. The molecule has 1 atom stereocenters. The van der Waals surface area contributed by atoms with Gasteiger partial charge < -0.3 is 24.2 Å². The third-order valence-corrected chi connectivity index (χ3v) is 6.29. The lowest BCUT2D eigenvalue weighted by Gasteiger charge is -2.36. The Morgan fingerprint density at radius 1 is 0.909 bits per heavy atom. The van der Waals surface area contributed by atoms with Crippen LogP contribution in [0.15, 0.2) is 48.5 Å². The normalized spacial score (nSPS) is 18.4. The molecule has 2 aliphatic heterocycles. The van der Waals surface area contributed by atoms with Crippen molar-refractivity contribution < 1.29 is 23.9 Å². The number of piperazine rings is 1. The predicted octanol–water partition coefficient (Wildman–Crippen LogP) is 1.97. The Morgan fingerprint density at radius 2 is 1.58 bits per heavy atom. The van der Waals surface area contributed by atoms with E-state index in [2.05, 4.69) is 0 Å². The van der Waals surface area contributed by atoms with Crippen molar-refractivity contribution in [3.8, 4) is 11.5 Å². The fourth-order valence-electron chi connectivity index (χ4n) is 4.44. The molecular weight excluding hydrogens is 422 g/mol. The fourth-order valence-corrected chi connectivity index (χ4v) is 4.44. The van der Waals surface area contributed by atoms with Crippen LogP contribution in [-0.4, -0.2) is 74.5 Å². The van der Waals surface area contributed by atoms with Gasteiger partial charge in [-0.2, -0.15) is 0 Å². The van der Waals surface area contributed by atoms with Crippen molar-refractivity contribution in [3.05, 3.63) is 54.1 Å². The van der Waals surface area contributed by atoms with E-state index in [1.54, 1.807) is 35.0 Å². The van der Waals surface area contributed by atoms with Crippen LogP contribution >= 0.6 is 0 Å². The first-order chi connectivity index (χ1) is 16.0. The number of nitrogens with zero attached hydrogens (tertiary/aromatic N) is 3. The minimum absolute atomic E-state index is 0.00577. The summed E-state index contributed by atoms with van der Waals surface area (Å²) in [5.74, 6) is 0.857. The number of ether oxygens (including phenoxy) is 2. The van der Waals surface area contributed by atoms with E-state index in [0.29, 0.717) is 44.2 Å². The number of hydrogen-bond acceptors (Lipinski definition) is 5. The van der Waals surface area contributed by atoms with E-state index in [-0.39, 0.29) is 36.5 Å². The Labute approximate surface area is 193 Å². The van der Waals surface area contributed by atoms with Crippen molar-refractivity contribution in [2.24, 2.45) is 5.92 Å². The molecule has 33 heavy (non-hydrogen) atoms. The lowest BCUT2D eigenvalue weighted by molar-refractivity contribution is -0.141. The van der Waals surface area contributed by atoms with Crippen LogP contribution < -0.4 is 14.4 Å². The van der Waals surface area contributed by atoms with Gasteiger partial charge in [0, 0.05) is 44.8 Å². The molecule has 0 N–H and O–H groups in total. The van der Waals surface area contributed by atoms with Crippen LogP contribution in [0, 0.1) is 5.92 Å². The number of carbonyl (C=O) groups excluding carboxylic acids is 3. The third-order valence-electron chi connectivity index (χ3n) is 6.29. The summed E-state index contributed by atoms with van der Waals surface area (Å²) >= 11 is 0. The molecule has 0 bridgehead atoms. The predicted molar refractivity (Wildman–Crippen MR) is 123 cm³/mol. The smallest absolute Gasteiger partial charge is 0.228 e. The Morgan fingerprint density at radius 3 is 2.24 bits per heavy atom. The highest BCUT2D eigenvalue weighted by atomic mass is 16.5. The summed E-state index contributed by atoms with van der Waals surface area (Å²) in [5, 5.41) is 0. The molecule has 0 spiro atoms. The summed E-state index contributed by atoms with van der Waals surface area (Å²) in [6.45, 7) is 2.33. The maximum Gasteiger partial charge on any atom is 0.228 e. The van der Waals surface area contributed by atoms with Crippen LogP contribution in [0.25, 0.3) is 0 Å². The summed E-state index contributed by atoms with van der Waals surface area (Å²) in [4.78, 5) is 43.6. The zero-order valence-corrected chi connectivity index (χ0v) is 19.0. The van der Waals surface area contributed by atoms with Gasteiger partial charge in [-0.05, 0) is 29.8 Å². The van der Waals surface area contributed by atoms with Crippen LogP contribution in [0.3, 0.4) is 0 Å². The molecular formula is C25H29N3O5. The van der Waals surface area contributed by atoms with E-state index in [4.69, 9.17) is 9.47 Å². The van der Waals surface area contributed by atoms with E-state index in [0.717, 1.165) is 11.3 Å². The molecule has 8 heteroatoms. The summed E-state index contributed by atoms with van der Waals surface area (Å²) in [5.41, 5.74) is 1.67. The highest BCUT2D eigenvalue weighted by Crippen LogP contribution is 2.28. The molecule has 0 saturated carbocycles. The van der Waals surface area contributed by atoms with Crippen molar-refractivity contribution >= 4 is 23.4 Å². The van der Waals surface area contributed by atoms with E-state index < -0.39 is 0 Å². The number of anilines is 1. The number of carbonyl (C=O) groups is 3. The number of methoxy groups -OCH3 is 2. The number of benzene rings is 2. The zero-order valence-electron chi connectivity index (χ0n) is 19.0. The van der Waals surface area contributed by atoms with E-state index in [1.807, 2.05) is 42.5 Å². The molecule has 2 fully saturated rings. The first-order valence-electron chi connectivity index (χ1n) is 11.1. The second-order valence-corrected chi connectivity index (χ2v) is 8.31. The lowest BCUT2D eigenvalue weighted by atomic mass is 10.1. The lowest BCUT2D eigenvalue weighted by Crippen LogP contribution is -2.52. The standard InChI is InChI=1S/C25H29N3O5/c1-32-21-9-8-18(14-22(21)33-2)15-23(29)26-10-12-27(13-11-26)25(31)19-16-24(30)28(17-19)20-6-4-3-5-7-20/h3-9,14,19H,10-13,15-17H2,1-2H3. The van der Waals surface area contributed by atoms with Gasteiger partial charge in [0.1, 0.15) is 0 Å². The topological polar surface area (TPSA) is 79.4 Å². The van der Waals surface area contributed by atoms with Crippen molar-refractivity contribution in [2.45, 2.75) is 12.8 Å². The van der Waals surface area contributed by atoms with Gasteiger partial charge >= 0.3 is 0 Å². The Balaban J connectivity index is 1.30. The average molecular weight is 452 g/mol. The van der Waals surface area contributed by atoms with Gasteiger partial charge in [-0.25, -0.2) is 0 Å². The highest BCUT2D eigenvalue weighted by molar-refractivity contribution is 6.00. The molecule has 0 aromatic heterocycles. The Bertz CT molecular complexity index is 1020. The first kappa shape index (κ1) is 22.6. The minimum atomic E-state index is -0.341. The molecule has 2 aromatic carbocycles. The van der Waals surface area contributed by atoms with Crippen LogP contribution in [0.2, 0.25) is 0 Å². The summed E-state index contributed by atoms with van der Waals surface area (Å²) in [6.07, 6.45) is 0.490. The highest BCUT2D eigenvalue weighted by Gasteiger charge is 2.38. The zero-order chi connectivity index (χ0) is 23.4. The SMILES string of the molecule is COc1ccc(CC(=O)N2CCN(C(=O)C3CC(=O)N(c4ccccc4)C3)CC2)cc1OC. The fraction of sp³-hybridized carbons (Fsp3) is 0.400. The average Bonchev–Trinajstić information content (AvgIpc) is 3.25. The van der Waals surface area contributed by atoms with Gasteiger partial charge in [0.15, 0.2) is 11.5 Å². The largest absolute Gasteiger partial charge is 0.493 e. The Hall–Kier alpha value is -3.55. The van der Waals surface area contributed by atoms with Crippen LogP contribution in [0.4, 0.5) is 5.69 Å². The molecule has 0 radical (unpaired) electrons. The van der Waals surface area contributed by atoms with Crippen LogP contribution in [-0.2, 0) is 20.8 Å². The molecule has 2 aliphatic rings. The second kappa shape index (κ2) is 9.94. The molecule has 8 nitrogen and oxygen atoms in total. The maximum atomic E-state index is 13.0. The number of amides is 3. The minimum Gasteiger partial charge on any atom is -0.493 e. The summed E-state index contributed by atoms with van der Waals surface area (Å²) in [6, 6.07) is 14.9. The molecule has 4 rings (SSSR count). The van der Waals surface area contributed by atoms with Gasteiger partial charge in [0.05, 0.1) is 26.6 Å².